The molecule has 0 amide bonds. The first-order valence-electron chi connectivity index (χ1n) is 10.0. The highest BCUT2D eigenvalue weighted by Gasteiger charge is 2.26. The molecule has 3 aromatic carbocycles. The van der Waals surface area contributed by atoms with Crippen LogP contribution in [0.1, 0.15) is 34.6 Å². The largest absolute Gasteiger partial charge is 0.508 e. The van der Waals surface area contributed by atoms with E-state index in [4.69, 9.17) is 14.6 Å². The van der Waals surface area contributed by atoms with Gasteiger partial charge in [-0.05, 0) is 66.4 Å². The van der Waals surface area contributed by atoms with E-state index >= 15 is 0 Å². The molecule has 4 rings (SSSR count). The van der Waals surface area contributed by atoms with Gasteiger partial charge in [0, 0.05) is 23.1 Å². The topological polar surface area (TPSA) is 76.0 Å². The summed E-state index contributed by atoms with van der Waals surface area (Å²) in [7, 11) is 0. The van der Waals surface area contributed by atoms with Crippen LogP contribution in [-0.4, -0.2) is 22.8 Å². The summed E-state index contributed by atoms with van der Waals surface area (Å²) in [6.07, 6.45) is 0.0152. The summed E-state index contributed by atoms with van der Waals surface area (Å²) in [4.78, 5) is 11.0. The number of ether oxygens (including phenoxy) is 2. The fourth-order valence-corrected chi connectivity index (χ4v) is 4.12. The Hall–Kier alpha value is -3.54. The van der Waals surface area contributed by atoms with Crippen molar-refractivity contribution in [2.75, 3.05) is 6.61 Å². The van der Waals surface area contributed by atoms with Crippen molar-refractivity contribution in [3.8, 4) is 28.4 Å². The maximum atomic E-state index is 14.4. The molecule has 6 heteroatoms. The molecule has 0 saturated carbocycles. The lowest BCUT2D eigenvalue weighted by Crippen LogP contribution is -2.07. The Balaban J connectivity index is 1.54. The summed E-state index contributed by atoms with van der Waals surface area (Å²) < 4.78 is 25.9. The van der Waals surface area contributed by atoms with E-state index in [0.29, 0.717) is 23.7 Å². The maximum absolute atomic E-state index is 14.4. The van der Waals surface area contributed by atoms with Gasteiger partial charge in [0.1, 0.15) is 29.7 Å². The van der Waals surface area contributed by atoms with E-state index in [-0.39, 0.29) is 30.5 Å². The summed E-state index contributed by atoms with van der Waals surface area (Å²) in [6.45, 7) is 4.17. The highest BCUT2D eigenvalue weighted by atomic mass is 19.1. The van der Waals surface area contributed by atoms with E-state index in [9.17, 15) is 14.3 Å². The molecule has 0 aromatic heterocycles. The molecule has 0 unspecified atom stereocenters. The first kappa shape index (κ1) is 20.7. The number of halogens is 1. The van der Waals surface area contributed by atoms with Gasteiger partial charge in [-0.15, -0.1) is 0 Å². The average molecular weight is 422 g/mol. The highest BCUT2D eigenvalue weighted by Crippen LogP contribution is 2.38. The van der Waals surface area contributed by atoms with Crippen LogP contribution < -0.4 is 9.47 Å². The molecular weight excluding hydrogens is 399 g/mol. The summed E-state index contributed by atoms with van der Waals surface area (Å²) in [6, 6.07) is 13.5. The van der Waals surface area contributed by atoms with Gasteiger partial charge in [0.15, 0.2) is 0 Å². The monoisotopic (exact) mass is 422 g/mol. The van der Waals surface area contributed by atoms with Crippen LogP contribution in [-0.2, 0) is 11.4 Å². The van der Waals surface area contributed by atoms with E-state index in [0.717, 1.165) is 27.8 Å². The van der Waals surface area contributed by atoms with Gasteiger partial charge in [0.2, 0.25) is 0 Å². The van der Waals surface area contributed by atoms with Crippen molar-refractivity contribution in [1.82, 2.24) is 0 Å². The van der Waals surface area contributed by atoms with Crippen molar-refractivity contribution < 1.29 is 28.9 Å². The summed E-state index contributed by atoms with van der Waals surface area (Å²) in [5.41, 5.74) is 4.87. The molecule has 0 saturated heterocycles. The van der Waals surface area contributed by atoms with Crippen LogP contribution >= 0.6 is 0 Å². The van der Waals surface area contributed by atoms with Gasteiger partial charge in [-0.2, -0.15) is 0 Å². The predicted octanol–water partition coefficient (Wildman–Crippen LogP) is 5.34. The van der Waals surface area contributed by atoms with Crippen LogP contribution in [0.15, 0.2) is 48.5 Å². The first-order chi connectivity index (χ1) is 14.8. The van der Waals surface area contributed by atoms with Gasteiger partial charge < -0.3 is 19.7 Å². The van der Waals surface area contributed by atoms with E-state index in [1.54, 1.807) is 42.5 Å². The average Bonchev–Trinajstić information content (AvgIpc) is 3.09. The number of aliphatic carboxylic acids is 1. The molecule has 1 aliphatic heterocycles. The Bertz CT molecular complexity index is 1130. The van der Waals surface area contributed by atoms with Gasteiger partial charge >= 0.3 is 5.97 Å². The lowest BCUT2D eigenvalue weighted by Gasteiger charge is -2.14. The van der Waals surface area contributed by atoms with Crippen LogP contribution in [0.2, 0.25) is 0 Å². The second kappa shape index (κ2) is 8.30. The van der Waals surface area contributed by atoms with Crippen molar-refractivity contribution in [2.45, 2.75) is 32.8 Å². The highest BCUT2D eigenvalue weighted by molar-refractivity contribution is 5.72. The lowest BCUT2D eigenvalue weighted by molar-refractivity contribution is -0.137. The summed E-state index contributed by atoms with van der Waals surface area (Å²) >= 11 is 0. The lowest BCUT2D eigenvalue weighted by atomic mass is 9.94. The number of rotatable bonds is 6. The quantitative estimate of drug-likeness (QED) is 0.560. The number of fused-ring (bicyclic) bond motifs is 1. The summed E-state index contributed by atoms with van der Waals surface area (Å²) in [5, 5.41) is 18.8. The van der Waals surface area contributed by atoms with Crippen LogP contribution in [0.25, 0.3) is 11.1 Å². The van der Waals surface area contributed by atoms with Gasteiger partial charge in [-0.1, -0.05) is 12.1 Å². The van der Waals surface area contributed by atoms with Crippen molar-refractivity contribution in [1.29, 1.82) is 0 Å². The number of aromatic hydroxyl groups is 1. The minimum absolute atomic E-state index is 0.0152. The maximum Gasteiger partial charge on any atom is 0.304 e. The molecule has 0 spiro atoms. The van der Waals surface area contributed by atoms with Crippen LogP contribution in [0.5, 0.6) is 17.2 Å². The number of carbonyl (C=O) groups is 1. The Morgan fingerprint density at radius 3 is 2.58 bits per heavy atom. The molecule has 1 heterocycles. The van der Waals surface area contributed by atoms with Gasteiger partial charge in [0.25, 0.3) is 0 Å². The molecule has 160 valence electrons. The van der Waals surface area contributed by atoms with Crippen LogP contribution in [0.4, 0.5) is 4.39 Å². The Kier molecular flexibility index (Phi) is 5.55. The zero-order chi connectivity index (χ0) is 22.1. The number of carboxylic acid groups (broad SMARTS) is 1. The second-order valence-electron chi connectivity index (χ2n) is 7.85. The predicted molar refractivity (Wildman–Crippen MR) is 114 cm³/mol. The number of hydrogen-bond donors (Lipinski definition) is 2. The van der Waals surface area contributed by atoms with Gasteiger partial charge in [0.05, 0.1) is 13.0 Å². The minimum Gasteiger partial charge on any atom is -0.508 e. The summed E-state index contributed by atoms with van der Waals surface area (Å²) in [5.74, 6) is -0.0702. The zero-order valence-electron chi connectivity index (χ0n) is 17.3. The van der Waals surface area contributed by atoms with Gasteiger partial charge in [-0.3, -0.25) is 4.79 Å². The number of carboxylic acids is 1. The first-order valence-corrected chi connectivity index (χ1v) is 10.0. The van der Waals surface area contributed by atoms with E-state index in [1.165, 1.54) is 6.07 Å². The van der Waals surface area contributed by atoms with Crippen molar-refractivity contribution in [3.05, 3.63) is 76.6 Å². The second-order valence-corrected chi connectivity index (χ2v) is 7.85. The molecule has 0 radical (unpaired) electrons. The fourth-order valence-electron chi connectivity index (χ4n) is 4.12. The Labute approximate surface area is 179 Å². The Morgan fingerprint density at radius 2 is 1.87 bits per heavy atom. The van der Waals surface area contributed by atoms with E-state index < -0.39 is 5.97 Å². The van der Waals surface area contributed by atoms with Crippen molar-refractivity contribution >= 4 is 5.97 Å². The molecule has 0 aliphatic carbocycles. The minimum atomic E-state index is -0.865. The molecule has 0 bridgehead atoms. The van der Waals surface area contributed by atoms with Gasteiger partial charge in [-0.25, -0.2) is 4.39 Å². The number of benzene rings is 3. The molecule has 5 nitrogen and oxygen atoms in total. The third kappa shape index (κ3) is 4.33. The van der Waals surface area contributed by atoms with Crippen molar-refractivity contribution in [2.24, 2.45) is 0 Å². The number of hydrogen-bond acceptors (Lipinski definition) is 4. The number of aryl methyl sites for hydroxylation is 2. The SMILES string of the molecule is Cc1cc(O)cc(C)c1-c1ccc(F)c(COc2ccc3c(c2)OC[C@H]3CC(=O)O)c1. The van der Waals surface area contributed by atoms with Crippen LogP contribution in [0, 0.1) is 19.7 Å². The van der Waals surface area contributed by atoms with E-state index in [1.807, 2.05) is 13.8 Å². The number of phenols is 1. The smallest absolute Gasteiger partial charge is 0.304 e. The number of phenolic OH excluding ortho intramolecular Hbond substituents is 1. The van der Waals surface area contributed by atoms with Crippen LogP contribution in [0.3, 0.4) is 0 Å². The molecule has 0 fully saturated rings. The standard InChI is InChI=1S/C25H23FO5/c1-14-7-19(27)8-15(2)25(14)16-3-6-22(26)18(9-16)13-30-20-4-5-21-17(10-24(28)29)12-31-23(21)11-20/h3-9,11,17,27H,10,12-13H2,1-2H3,(H,28,29)/t17-/m1/s1. The normalized spacial score (nSPS) is 14.7. The van der Waals surface area contributed by atoms with E-state index in [2.05, 4.69) is 0 Å². The third-order valence-corrected chi connectivity index (χ3v) is 5.53. The molecule has 31 heavy (non-hydrogen) atoms. The molecule has 2 N–H and O–H groups in total. The fraction of sp³-hybridized carbons (Fsp3) is 0.240. The molecule has 3 aromatic rings. The van der Waals surface area contributed by atoms with Crippen molar-refractivity contribution in [3.63, 3.8) is 0 Å². The molecule has 1 aliphatic rings. The Morgan fingerprint density at radius 1 is 1.13 bits per heavy atom. The third-order valence-electron chi connectivity index (χ3n) is 5.53. The zero-order valence-corrected chi connectivity index (χ0v) is 17.3. The molecule has 1 atom stereocenters. The molecular formula is C25H23FO5.